The third kappa shape index (κ3) is 1.71. The van der Waals surface area contributed by atoms with E-state index in [0.717, 1.165) is 19.5 Å². The predicted octanol–water partition coefficient (Wildman–Crippen LogP) is 0.707. The Labute approximate surface area is 66.8 Å². The average molecular weight is 157 g/mol. The van der Waals surface area contributed by atoms with Crippen molar-refractivity contribution in [3.63, 3.8) is 0 Å². The van der Waals surface area contributed by atoms with Crippen LogP contribution in [0.1, 0.15) is 20.3 Å². The van der Waals surface area contributed by atoms with E-state index in [1.54, 1.807) is 0 Å². The highest BCUT2D eigenvalue weighted by molar-refractivity contribution is 5.71. The number of nitrogens with one attached hydrogen (secondary N) is 1. The van der Waals surface area contributed by atoms with Crippen molar-refractivity contribution in [2.75, 3.05) is 13.1 Å². The Bertz CT molecular complexity index is 165. The predicted molar refractivity (Wildman–Crippen MR) is 42.4 cm³/mol. The average Bonchev–Trinajstić information content (AvgIpc) is 1.85. The Kier molecular flexibility index (Phi) is 2.18. The van der Waals surface area contributed by atoms with Gasteiger partial charge < -0.3 is 10.4 Å². The van der Waals surface area contributed by atoms with Gasteiger partial charge in [0.2, 0.25) is 0 Å². The highest BCUT2D eigenvalue weighted by Gasteiger charge is 2.36. The standard InChI is InChI=1S/C8H15NO2/c1-8(2)5-9-4-3-6(8)7(10)11/h6,9H,3-5H2,1-2H3,(H,10,11). The molecule has 0 aromatic rings. The van der Waals surface area contributed by atoms with Gasteiger partial charge in [0.05, 0.1) is 5.92 Å². The molecule has 0 spiro atoms. The first kappa shape index (κ1) is 8.53. The number of carboxylic acid groups (broad SMARTS) is 1. The zero-order valence-corrected chi connectivity index (χ0v) is 7.05. The normalized spacial score (nSPS) is 29.8. The molecule has 3 heteroatoms. The van der Waals surface area contributed by atoms with Crippen molar-refractivity contribution in [3.8, 4) is 0 Å². The van der Waals surface area contributed by atoms with Gasteiger partial charge in [-0.05, 0) is 18.4 Å². The fourth-order valence-corrected chi connectivity index (χ4v) is 1.63. The second-order valence-electron chi connectivity index (χ2n) is 3.84. The van der Waals surface area contributed by atoms with Gasteiger partial charge >= 0.3 is 5.97 Å². The molecule has 1 rings (SSSR count). The number of rotatable bonds is 1. The molecule has 2 N–H and O–H groups in total. The first-order valence-corrected chi connectivity index (χ1v) is 3.97. The lowest BCUT2D eigenvalue weighted by atomic mass is 9.75. The molecule has 11 heavy (non-hydrogen) atoms. The van der Waals surface area contributed by atoms with Gasteiger partial charge in [0, 0.05) is 6.54 Å². The largest absolute Gasteiger partial charge is 0.481 e. The maximum absolute atomic E-state index is 10.7. The molecule has 0 saturated carbocycles. The zero-order chi connectivity index (χ0) is 8.48. The Hall–Kier alpha value is -0.570. The van der Waals surface area contributed by atoms with Crippen LogP contribution in [0.3, 0.4) is 0 Å². The van der Waals surface area contributed by atoms with Crippen LogP contribution >= 0.6 is 0 Å². The van der Waals surface area contributed by atoms with Gasteiger partial charge in [-0.25, -0.2) is 0 Å². The number of hydrogen-bond donors (Lipinski definition) is 2. The SMILES string of the molecule is CC1(C)CNCCC1C(=O)O. The fourth-order valence-electron chi connectivity index (χ4n) is 1.63. The number of carbonyl (C=O) groups is 1. The molecule has 0 amide bonds. The molecular weight excluding hydrogens is 142 g/mol. The molecule has 1 heterocycles. The number of carboxylic acids is 1. The van der Waals surface area contributed by atoms with Gasteiger partial charge in [0.15, 0.2) is 0 Å². The lowest BCUT2D eigenvalue weighted by molar-refractivity contribution is -0.147. The minimum Gasteiger partial charge on any atom is -0.481 e. The van der Waals surface area contributed by atoms with Crippen LogP contribution < -0.4 is 5.32 Å². The third-order valence-corrected chi connectivity index (χ3v) is 2.43. The van der Waals surface area contributed by atoms with Gasteiger partial charge in [0.25, 0.3) is 0 Å². The van der Waals surface area contributed by atoms with Crippen molar-refractivity contribution >= 4 is 5.97 Å². The molecule has 64 valence electrons. The summed E-state index contributed by atoms with van der Waals surface area (Å²) >= 11 is 0. The summed E-state index contributed by atoms with van der Waals surface area (Å²) in [4.78, 5) is 10.7. The van der Waals surface area contributed by atoms with E-state index in [4.69, 9.17) is 5.11 Å². The van der Waals surface area contributed by atoms with Crippen LogP contribution in [0.5, 0.6) is 0 Å². The van der Waals surface area contributed by atoms with Gasteiger partial charge in [-0.1, -0.05) is 13.8 Å². The third-order valence-electron chi connectivity index (χ3n) is 2.43. The van der Waals surface area contributed by atoms with Gasteiger partial charge in [0.1, 0.15) is 0 Å². The van der Waals surface area contributed by atoms with Crippen LogP contribution in [-0.2, 0) is 4.79 Å². The van der Waals surface area contributed by atoms with Crippen molar-refractivity contribution in [2.45, 2.75) is 20.3 Å². The van der Waals surface area contributed by atoms with Crippen molar-refractivity contribution in [3.05, 3.63) is 0 Å². The second-order valence-corrected chi connectivity index (χ2v) is 3.84. The smallest absolute Gasteiger partial charge is 0.307 e. The molecule has 1 fully saturated rings. The van der Waals surface area contributed by atoms with E-state index in [9.17, 15) is 4.79 Å². The van der Waals surface area contributed by atoms with Gasteiger partial charge in [-0.3, -0.25) is 4.79 Å². The van der Waals surface area contributed by atoms with E-state index >= 15 is 0 Å². The summed E-state index contributed by atoms with van der Waals surface area (Å²) in [5, 5.41) is 12.0. The zero-order valence-electron chi connectivity index (χ0n) is 7.05. The lowest BCUT2D eigenvalue weighted by Crippen LogP contribution is -2.45. The number of aliphatic carboxylic acids is 1. The Morgan fingerprint density at radius 3 is 2.64 bits per heavy atom. The minimum absolute atomic E-state index is 0.0932. The van der Waals surface area contributed by atoms with Gasteiger partial charge in [-0.15, -0.1) is 0 Å². The molecular formula is C8H15NO2. The summed E-state index contributed by atoms with van der Waals surface area (Å²) < 4.78 is 0. The van der Waals surface area contributed by atoms with Crippen LogP contribution in [0, 0.1) is 11.3 Å². The summed E-state index contributed by atoms with van der Waals surface area (Å²) in [5.41, 5.74) is -0.0932. The van der Waals surface area contributed by atoms with E-state index < -0.39 is 5.97 Å². The summed E-state index contributed by atoms with van der Waals surface area (Å²) in [7, 11) is 0. The maximum atomic E-state index is 10.7. The summed E-state index contributed by atoms with van der Waals surface area (Å²) in [6.07, 6.45) is 0.752. The Balaban J connectivity index is 2.67. The lowest BCUT2D eigenvalue weighted by Gasteiger charge is -2.36. The summed E-state index contributed by atoms with van der Waals surface area (Å²) in [6, 6.07) is 0. The second kappa shape index (κ2) is 2.81. The topological polar surface area (TPSA) is 49.3 Å². The van der Waals surface area contributed by atoms with Crippen LogP contribution in [0.15, 0.2) is 0 Å². The van der Waals surface area contributed by atoms with Crippen LogP contribution in [0.2, 0.25) is 0 Å². The maximum Gasteiger partial charge on any atom is 0.307 e. The molecule has 1 aliphatic rings. The minimum atomic E-state index is -0.656. The number of hydrogen-bond acceptors (Lipinski definition) is 2. The quantitative estimate of drug-likeness (QED) is 0.589. The first-order valence-electron chi connectivity index (χ1n) is 3.97. The van der Waals surface area contributed by atoms with Crippen molar-refractivity contribution in [1.82, 2.24) is 5.32 Å². The Morgan fingerprint density at radius 2 is 2.27 bits per heavy atom. The molecule has 0 radical (unpaired) electrons. The van der Waals surface area contributed by atoms with E-state index in [1.807, 2.05) is 13.8 Å². The molecule has 1 atom stereocenters. The van der Waals surface area contributed by atoms with Gasteiger partial charge in [-0.2, -0.15) is 0 Å². The van der Waals surface area contributed by atoms with Crippen LogP contribution in [0.4, 0.5) is 0 Å². The van der Waals surface area contributed by atoms with Crippen molar-refractivity contribution in [2.24, 2.45) is 11.3 Å². The molecule has 1 saturated heterocycles. The van der Waals surface area contributed by atoms with Crippen molar-refractivity contribution < 1.29 is 9.90 Å². The molecule has 3 nitrogen and oxygen atoms in total. The summed E-state index contributed by atoms with van der Waals surface area (Å²) in [6.45, 7) is 5.64. The highest BCUT2D eigenvalue weighted by atomic mass is 16.4. The monoisotopic (exact) mass is 157 g/mol. The molecule has 0 aromatic carbocycles. The fraction of sp³-hybridized carbons (Fsp3) is 0.875. The summed E-state index contributed by atoms with van der Waals surface area (Å²) in [5.74, 6) is -0.833. The van der Waals surface area contributed by atoms with E-state index in [1.165, 1.54) is 0 Å². The van der Waals surface area contributed by atoms with Crippen molar-refractivity contribution in [1.29, 1.82) is 0 Å². The van der Waals surface area contributed by atoms with E-state index in [2.05, 4.69) is 5.32 Å². The number of piperidine rings is 1. The first-order chi connectivity index (χ1) is 5.04. The Morgan fingerprint density at radius 1 is 1.64 bits per heavy atom. The van der Waals surface area contributed by atoms with Crippen LogP contribution in [0.25, 0.3) is 0 Å². The molecule has 1 aliphatic heterocycles. The van der Waals surface area contributed by atoms with E-state index in [0.29, 0.717) is 0 Å². The van der Waals surface area contributed by atoms with E-state index in [-0.39, 0.29) is 11.3 Å². The molecule has 1 unspecified atom stereocenters. The molecule has 0 bridgehead atoms. The molecule has 0 aromatic heterocycles. The highest BCUT2D eigenvalue weighted by Crippen LogP contribution is 2.31. The molecule has 0 aliphatic carbocycles. The van der Waals surface area contributed by atoms with Crippen LogP contribution in [-0.4, -0.2) is 24.2 Å².